The fourth-order valence-electron chi connectivity index (χ4n) is 2.45. The zero-order chi connectivity index (χ0) is 16.1. The number of nitrogens with one attached hydrogen (secondary N) is 1. The van der Waals surface area contributed by atoms with Gasteiger partial charge in [-0.2, -0.15) is 0 Å². The van der Waals surface area contributed by atoms with Gasteiger partial charge in [-0.3, -0.25) is 0 Å². The van der Waals surface area contributed by atoms with Crippen LogP contribution >= 0.6 is 20.7 Å². The minimum atomic E-state index is -0.101. The summed E-state index contributed by atoms with van der Waals surface area (Å²) >= 11 is 0.414. The zero-order valence-corrected chi connectivity index (χ0v) is 17.3. The van der Waals surface area contributed by atoms with Crippen molar-refractivity contribution in [2.24, 2.45) is 0 Å². The average Bonchev–Trinajstić information content (AvgIpc) is 3.43. The van der Waals surface area contributed by atoms with E-state index in [2.05, 4.69) is 16.3 Å². The summed E-state index contributed by atoms with van der Waals surface area (Å²) in [5.41, 5.74) is 1.86. The number of carbonyl (C=O) groups is 1. The van der Waals surface area contributed by atoms with Gasteiger partial charge in [0, 0.05) is 0 Å². The first-order valence-electron chi connectivity index (χ1n) is 7.76. The fourth-order valence-corrected chi connectivity index (χ4v) is 10.7. The van der Waals surface area contributed by atoms with Crippen LogP contribution in [0.4, 0.5) is 5.69 Å². The molecule has 0 radical (unpaired) electrons. The van der Waals surface area contributed by atoms with Crippen molar-refractivity contribution in [3.8, 4) is 0 Å². The second-order valence-corrected chi connectivity index (χ2v) is 14.2. The topological polar surface area (TPSA) is 29.1 Å². The van der Waals surface area contributed by atoms with E-state index in [0.29, 0.717) is 24.7 Å². The number of halogens is 2. The van der Waals surface area contributed by atoms with Gasteiger partial charge in [0.15, 0.2) is 0 Å². The standard InChI is InChI=1S/C19H20I2NO/c1-2-16(21-17-13-20-17)18(22-15-11-7-4-8-12-15)19(23)14-9-5-3-6-10-14/h3-13,16-18,22H,2H2,1H3/q-1. The molecule has 4 heteroatoms. The van der Waals surface area contributed by atoms with Gasteiger partial charge in [-0.25, -0.2) is 0 Å². The van der Waals surface area contributed by atoms with Crippen LogP contribution in [-0.4, -0.2) is 21.7 Å². The van der Waals surface area contributed by atoms with Crippen LogP contribution in [0.15, 0.2) is 60.7 Å². The van der Waals surface area contributed by atoms with E-state index in [4.69, 9.17) is 0 Å². The van der Waals surface area contributed by atoms with Crippen molar-refractivity contribution in [3.63, 3.8) is 0 Å². The number of ketones is 1. The van der Waals surface area contributed by atoms with Gasteiger partial charge in [0.05, 0.1) is 0 Å². The van der Waals surface area contributed by atoms with Gasteiger partial charge in [0.2, 0.25) is 0 Å². The Labute approximate surface area is 158 Å². The van der Waals surface area contributed by atoms with Crippen LogP contribution < -0.4 is 26.5 Å². The van der Waals surface area contributed by atoms with Gasteiger partial charge >= 0.3 is 159 Å². The summed E-state index contributed by atoms with van der Waals surface area (Å²) in [5, 5.41) is 3.54. The average molecular weight is 532 g/mol. The molecule has 2 aromatic rings. The first-order chi connectivity index (χ1) is 11.3. The van der Waals surface area contributed by atoms with Gasteiger partial charge < -0.3 is 0 Å². The molecule has 2 nitrogen and oxygen atoms in total. The first-order valence-corrected chi connectivity index (χ1v) is 12.7. The van der Waals surface area contributed by atoms with Crippen molar-refractivity contribution in [1.82, 2.24) is 0 Å². The van der Waals surface area contributed by atoms with Crippen LogP contribution in [0.1, 0.15) is 23.7 Å². The first kappa shape index (κ1) is 17.1. The monoisotopic (exact) mass is 532 g/mol. The Balaban J connectivity index is 1.83. The maximum absolute atomic E-state index is 13.1. The molecule has 0 fully saturated rings. The second-order valence-electron chi connectivity index (χ2n) is 5.35. The molecule has 0 spiro atoms. The van der Waals surface area contributed by atoms with Crippen LogP contribution in [0.3, 0.4) is 0 Å². The number of carbonyl (C=O) groups excluding carboxylic acids is 1. The molecule has 2 aromatic carbocycles. The zero-order valence-electron chi connectivity index (χ0n) is 13.0. The summed E-state index contributed by atoms with van der Waals surface area (Å²) in [6.07, 6.45) is 1.07. The van der Waals surface area contributed by atoms with Gasteiger partial charge in [0.25, 0.3) is 0 Å². The van der Waals surface area contributed by atoms with E-state index >= 15 is 0 Å². The third-order valence-corrected chi connectivity index (χ3v) is 13.6. The number of hydrogen-bond acceptors (Lipinski definition) is 2. The van der Waals surface area contributed by atoms with E-state index in [1.54, 1.807) is 0 Å². The number of anilines is 1. The van der Waals surface area contributed by atoms with Crippen LogP contribution in [0.5, 0.6) is 0 Å². The van der Waals surface area contributed by atoms with Crippen LogP contribution in [0, 0.1) is 0 Å². The molecule has 0 aliphatic carbocycles. The van der Waals surface area contributed by atoms with Crippen molar-refractivity contribution in [2.45, 2.75) is 25.2 Å². The molecule has 3 rings (SSSR count). The number of para-hydroxylation sites is 1. The number of Topliss-reactive ketones (excluding diaryl/α,β-unsaturated/α-hetero) is 1. The SMILES string of the molecule is CCC([I-]C1C=I1)C(Nc1ccccc1)C(=O)c1ccccc1. The van der Waals surface area contributed by atoms with Gasteiger partial charge in [-0.15, -0.1) is 0 Å². The maximum atomic E-state index is 13.1. The predicted molar refractivity (Wildman–Crippen MR) is 103 cm³/mol. The Morgan fingerprint density at radius 3 is 2.30 bits per heavy atom. The molecule has 0 saturated heterocycles. The van der Waals surface area contributed by atoms with Crippen LogP contribution in [-0.2, 0) is 0 Å². The molecule has 0 saturated carbocycles. The number of rotatable bonds is 8. The molecule has 3 unspecified atom stereocenters. The molecule has 3 atom stereocenters. The van der Waals surface area contributed by atoms with Gasteiger partial charge in [0.1, 0.15) is 0 Å². The Kier molecular flexibility index (Phi) is 6.21. The summed E-state index contributed by atoms with van der Waals surface area (Å²) in [5.74, 6) is 0.236. The molecule has 1 heterocycles. The van der Waals surface area contributed by atoms with Crippen molar-refractivity contribution in [3.05, 3.63) is 66.2 Å². The second kappa shape index (κ2) is 8.37. The third kappa shape index (κ3) is 4.86. The summed E-state index contributed by atoms with van der Waals surface area (Å²) in [6.45, 7) is 2.23. The van der Waals surface area contributed by atoms with Crippen molar-refractivity contribution in [2.75, 3.05) is 5.32 Å². The fraction of sp³-hybridized carbons (Fsp3) is 0.263. The van der Waals surface area contributed by atoms with Crippen molar-refractivity contribution >= 4 is 36.2 Å². The molecule has 0 bridgehead atoms. The van der Waals surface area contributed by atoms with E-state index in [1.165, 1.54) is 0 Å². The van der Waals surface area contributed by atoms with E-state index in [9.17, 15) is 4.79 Å². The molecule has 1 N–H and O–H groups in total. The number of alkyl halides is 3. The number of benzene rings is 2. The van der Waals surface area contributed by atoms with Crippen LogP contribution in [0.2, 0.25) is 0 Å². The summed E-state index contributed by atoms with van der Waals surface area (Å²) in [6, 6.07) is 19.8. The molecule has 0 aromatic heterocycles. The van der Waals surface area contributed by atoms with Crippen molar-refractivity contribution in [1.29, 1.82) is 0 Å². The normalized spacial score (nSPS) is 18.7. The molecular formula is C19H20I2NO-. The summed E-state index contributed by atoms with van der Waals surface area (Å²) in [7, 11) is 0. The number of hydrogen-bond donors (Lipinski definition) is 1. The van der Waals surface area contributed by atoms with Crippen LogP contribution in [0.25, 0.3) is 0 Å². The molecule has 1 aliphatic rings. The third-order valence-electron chi connectivity index (χ3n) is 3.69. The molecular weight excluding hydrogens is 512 g/mol. The minimum absolute atomic E-state index is 0.0563. The predicted octanol–water partition coefficient (Wildman–Crippen LogP) is 1.33. The quantitative estimate of drug-likeness (QED) is 0.316. The summed E-state index contributed by atoms with van der Waals surface area (Å²) in [4.78, 5) is 13.1. The Morgan fingerprint density at radius 1 is 1.13 bits per heavy atom. The summed E-state index contributed by atoms with van der Waals surface area (Å²) < 4.78 is 3.91. The van der Waals surface area contributed by atoms with Crippen molar-refractivity contribution < 1.29 is 26.0 Å². The Hall–Kier alpha value is -0.760. The van der Waals surface area contributed by atoms with Gasteiger partial charge in [-0.05, 0) is 0 Å². The Morgan fingerprint density at radius 2 is 1.74 bits per heavy atom. The van der Waals surface area contributed by atoms with E-state index in [0.717, 1.165) is 19.6 Å². The van der Waals surface area contributed by atoms with E-state index < -0.39 is 0 Å². The molecule has 1 aliphatic heterocycles. The molecule has 122 valence electrons. The van der Waals surface area contributed by atoms with E-state index in [-0.39, 0.29) is 33.0 Å². The van der Waals surface area contributed by atoms with Gasteiger partial charge in [-0.1, -0.05) is 0 Å². The molecule has 0 amide bonds. The Bertz CT molecular complexity index is 666. The molecule has 23 heavy (non-hydrogen) atoms. The van der Waals surface area contributed by atoms with E-state index in [1.807, 2.05) is 60.7 Å².